The zero-order chi connectivity index (χ0) is 14.8. The normalized spacial score (nSPS) is 12.6. The van der Waals surface area contributed by atoms with Gasteiger partial charge in [-0.25, -0.2) is 8.78 Å². The molecular formula is C14H20F2O2Si. The van der Waals surface area contributed by atoms with Crippen molar-refractivity contribution in [1.82, 2.24) is 0 Å². The highest BCUT2D eigenvalue weighted by Crippen LogP contribution is 2.37. The molecule has 0 heterocycles. The van der Waals surface area contributed by atoms with Crippen LogP contribution in [-0.4, -0.2) is 14.6 Å². The van der Waals surface area contributed by atoms with Gasteiger partial charge in [0.1, 0.15) is 11.6 Å². The fourth-order valence-corrected chi connectivity index (χ4v) is 2.26. The third-order valence-electron chi connectivity index (χ3n) is 3.72. The summed E-state index contributed by atoms with van der Waals surface area (Å²) in [5, 5.41) is 0.0109. The molecule has 0 bridgehead atoms. The lowest BCUT2D eigenvalue weighted by Gasteiger charge is -2.36. The predicted octanol–water partition coefficient (Wildman–Crippen LogP) is 4.30. The number of hydrogen-bond acceptors (Lipinski definition) is 2. The molecule has 5 heteroatoms. The number of carbonyl (C=O) groups excluding carboxylic acids is 1. The van der Waals surface area contributed by atoms with Crippen LogP contribution in [-0.2, 0) is 11.0 Å². The molecule has 106 valence electrons. The van der Waals surface area contributed by atoms with Gasteiger partial charge >= 0.3 is 0 Å². The first-order valence-corrected chi connectivity index (χ1v) is 9.07. The third kappa shape index (κ3) is 3.48. The topological polar surface area (TPSA) is 26.3 Å². The average molecular weight is 286 g/mol. The maximum atomic E-state index is 13.9. The van der Waals surface area contributed by atoms with Gasteiger partial charge in [0.05, 0.1) is 12.2 Å². The Bertz CT molecular complexity index is 479. The van der Waals surface area contributed by atoms with Gasteiger partial charge in [-0.2, -0.15) is 0 Å². The predicted molar refractivity (Wildman–Crippen MR) is 73.7 cm³/mol. The lowest BCUT2D eigenvalue weighted by Crippen LogP contribution is -2.40. The Kier molecular flexibility index (Phi) is 4.63. The zero-order valence-corrected chi connectivity index (χ0v) is 13.0. The maximum Gasteiger partial charge on any atom is 0.192 e. The molecule has 0 fully saturated rings. The first-order valence-electron chi connectivity index (χ1n) is 6.16. The fraction of sp³-hybridized carbons (Fsp3) is 0.500. The summed E-state index contributed by atoms with van der Waals surface area (Å²) >= 11 is 0. The monoisotopic (exact) mass is 286 g/mol. The van der Waals surface area contributed by atoms with Crippen LogP contribution in [0.5, 0.6) is 0 Å². The third-order valence-corrected chi connectivity index (χ3v) is 8.20. The van der Waals surface area contributed by atoms with Crippen LogP contribution in [0.25, 0.3) is 0 Å². The van der Waals surface area contributed by atoms with Crippen molar-refractivity contribution in [3.8, 4) is 0 Å². The molecule has 19 heavy (non-hydrogen) atoms. The van der Waals surface area contributed by atoms with E-state index in [1.54, 1.807) is 0 Å². The first kappa shape index (κ1) is 16.0. The van der Waals surface area contributed by atoms with Crippen LogP contribution >= 0.6 is 0 Å². The molecule has 0 aromatic heterocycles. The molecule has 0 saturated carbocycles. The minimum Gasteiger partial charge on any atom is -0.412 e. The van der Waals surface area contributed by atoms with Gasteiger partial charge in [0.15, 0.2) is 14.6 Å². The van der Waals surface area contributed by atoms with Gasteiger partial charge in [0, 0.05) is 5.56 Å². The minimum absolute atomic E-state index is 0.0109. The SMILES string of the molecule is CC(C)(C)[Si](C)(C)OCc1ccc(F)c(C=O)c1F. The van der Waals surface area contributed by atoms with E-state index in [0.717, 1.165) is 6.07 Å². The van der Waals surface area contributed by atoms with Crippen molar-refractivity contribution >= 4 is 14.6 Å². The van der Waals surface area contributed by atoms with Crippen LogP contribution in [0.4, 0.5) is 8.78 Å². The summed E-state index contributed by atoms with van der Waals surface area (Å²) in [7, 11) is -2.00. The largest absolute Gasteiger partial charge is 0.412 e. The molecule has 0 unspecified atom stereocenters. The molecule has 0 amide bonds. The first-order chi connectivity index (χ1) is 8.60. The van der Waals surface area contributed by atoms with Gasteiger partial charge in [-0.15, -0.1) is 0 Å². The smallest absolute Gasteiger partial charge is 0.192 e. The van der Waals surface area contributed by atoms with Crippen molar-refractivity contribution in [1.29, 1.82) is 0 Å². The lowest BCUT2D eigenvalue weighted by molar-refractivity contribution is 0.111. The van der Waals surface area contributed by atoms with Crippen LogP contribution in [0, 0.1) is 11.6 Å². The highest BCUT2D eigenvalue weighted by atomic mass is 28.4. The molecular weight excluding hydrogens is 266 g/mol. The molecule has 0 N–H and O–H groups in total. The van der Waals surface area contributed by atoms with E-state index in [0.29, 0.717) is 0 Å². The molecule has 0 radical (unpaired) electrons. The summed E-state index contributed by atoms with van der Waals surface area (Å²) in [4.78, 5) is 10.6. The van der Waals surface area contributed by atoms with E-state index in [9.17, 15) is 13.6 Å². The number of benzene rings is 1. The molecule has 2 nitrogen and oxygen atoms in total. The maximum absolute atomic E-state index is 13.9. The molecule has 0 aliphatic heterocycles. The van der Waals surface area contributed by atoms with E-state index in [-0.39, 0.29) is 23.5 Å². The standard InChI is InChI=1S/C14H20F2O2Si/c1-14(2,3)19(4,5)18-9-10-6-7-12(15)11(8-17)13(10)16/h6-8H,9H2,1-5H3. The van der Waals surface area contributed by atoms with Crippen molar-refractivity contribution in [2.75, 3.05) is 0 Å². The van der Waals surface area contributed by atoms with E-state index in [4.69, 9.17) is 4.43 Å². The van der Waals surface area contributed by atoms with Crippen LogP contribution in [0.3, 0.4) is 0 Å². The summed E-state index contributed by atoms with van der Waals surface area (Å²) in [6.07, 6.45) is 0.195. The van der Waals surface area contributed by atoms with Crippen LogP contribution in [0.15, 0.2) is 12.1 Å². The molecule has 0 spiro atoms. The molecule has 0 aliphatic rings. The van der Waals surface area contributed by atoms with Gasteiger partial charge < -0.3 is 4.43 Å². The Morgan fingerprint density at radius 2 is 1.84 bits per heavy atom. The van der Waals surface area contributed by atoms with E-state index >= 15 is 0 Å². The van der Waals surface area contributed by atoms with Gasteiger partial charge in [0.25, 0.3) is 0 Å². The van der Waals surface area contributed by atoms with Crippen LogP contribution < -0.4 is 0 Å². The van der Waals surface area contributed by atoms with Crippen molar-refractivity contribution in [2.24, 2.45) is 0 Å². The number of hydrogen-bond donors (Lipinski definition) is 0. The summed E-state index contributed by atoms with van der Waals surface area (Å²) in [5.74, 6) is -1.67. The lowest BCUT2D eigenvalue weighted by atomic mass is 10.1. The molecule has 0 saturated heterocycles. The number of rotatable bonds is 4. The highest BCUT2D eigenvalue weighted by molar-refractivity contribution is 6.74. The average Bonchev–Trinajstić information content (AvgIpc) is 2.27. The molecule has 0 atom stereocenters. The van der Waals surface area contributed by atoms with Crippen LogP contribution in [0.2, 0.25) is 18.1 Å². The Hall–Kier alpha value is -1.07. The van der Waals surface area contributed by atoms with Crippen molar-refractivity contribution in [3.05, 3.63) is 34.9 Å². The summed E-state index contributed by atoms with van der Waals surface area (Å²) in [6, 6.07) is 2.42. The van der Waals surface area contributed by atoms with Crippen molar-refractivity contribution in [3.63, 3.8) is 0 Å². The van der Waals surface area contributed by atoms with Gasteiger partial charge in [-0.05, 0) is 24.2 Å². The van der Waals surface area contributed by atoms with E-state index in [1.807, 2.05) is 0 Å². The summed E-state index contributed by atoms with van der Waals surface area (Å²) in [6.45, 7) is 10.4. The Labute approximate surface area is 113 Å². The van der Waals surface area contributed by atoms with Crippen LogP contribution in [0.1, 0.15) is 36.7 Å². The Morgan fingerprint density at radius 3 is 2.32 bits per heavy atom. The highest BCUT2D eigenvalue weighted by Gasteiger charge is 2.37. The van der Waals surface area contributed by atoms with Gasteiger partial charge in [0.2, 0.25) is 0 Å². The molecule has 1 aromatic carbocycles. The van der Waals surface area contributed by atoms with Crippen molar-refractivity contribution < 1.29 is 18.0 Å². The molecule has 1 rings (SSSR count). The zero-order valence-electron chi connectivity index (χ0n) is 12.0. The van der Waals surface area contributed by atoms with E-state index in [2.05, 4.69) is 33.9 Å². The number of aldehydes is 1. The Morgan fingerprint density at radius 1 is 1.26 bits per heavy atom. The number of halogens is 2. The minimum atomic E-state index is -2.00. The quantitative estimate of drug-likeness (QED) is 0.609. The van der Waals surface area contributed by atoms with E-state index in [1.165, 1.54) is 6.07 Å². The summed E-state index contributed by atoms with van der Waals surface area (Å²) < 4.78 is 32.9. The summed E-state index contributed by atoms with van der Waals surface area (Å²) in [5.41, 5.74) is -0.315. The number of carbonyl (C=O) groups is 1. The fourth-order valence-electron chi connectivity index (χ4n) is 1.31. The second-order valence-corrected chi connectivity index (χ2v) is 10.9. The second-order valence-electron chi connectivity index (χ2n) is 6.10. The van der Waals surface area contributed by atoms with Gasteiger partial charge in [-0.3, -0.25) is 4.79 Å². The molecule has 0 aliphatic carbocycles. The second kappa shape index (κ2) is 5.51. The van der Waals surface area contributed by atoms with E-state index < -0.39 is 25.5 Å². The van der Waals surface area contributed by atoms with Crippen molar-refractivity contribution in [2.45, 2.75) is 45.5 Å². The van der Waals surface area contributed by atoms with Gasteiger partial charge in [-0.1, -0.05) is 26.8 Å². The Balaban J connectivity index is 2.94. The molecule has 1 aromatic rings.